The zero-order valence-corrected chi connectivity index (χ0v) is 19.6. The first-order chi connectivity index (χ1) is 15.5. The number of nitrogens with zero attached hydrogens (tertiary/aromatic N) is 2. The highest BCUT2D eigenvalue weighted by Gasteiger charge is 2.18. The van der Waals surface area contributed by atoms with E-state index in [9.17, 15) is 0 Å². The number of benzene rings is 3. The van der Waals surface area contributed by atoms with Crippen LogP contribution < -0.4 is 4.74 Å². The van der Waals surface area contributed by atoms with E-state index < -0.39 is 0 Å². The molecule has 0 fully saturated rings. The van der Waals surface area contributed by atoms with E-state index in [0.29, 0.717) is 0 Å². The molecule has 3 aromatic carbocycles. The lowest BCUT2D eigenvalue weighted by molar-refractivity contribution is 0.0813. The summed E-state index contributed by atoms with van der Waals surface area (Å²) in [4.78, 5) is 6.94. The molecule has 0 N–H and O–H groups in total. The van der Waals surface area contributed by atoms with Gasteiger partial charge in [0.25, 0.3) is 0 Å². The summed E-state index contributed by atoms with van der Waals surface area (Å²) in [5.74, 6) is 0.863. The van der Waals surface area contributed by atoms with Crippen LogP contribution in [0.5, 0.6) is 5.75 Å². The van der Waals surface area contributed by atoms with Crippen molar-refractivity contribution >= 4 is 17.4 Å². The third kappa shape index (κ3) is 5.65. The van der Waals surface area contributed by atoms with Gasteiger partial charge in [0.05, 0.1) is 6.21 Å². The van der Waals surface area contributed by atoms with Gasteiger partial charge in [0.15, 0.2) is 0 Å². The standard InChI is InChI=1S/C28H32N2O2/c1-6-25(23-14-8-7-9-15-23)28(24-16-12-13-22(19-24)20-29-31-5)26-17-10-11-18-27(26)32-21(2)30(3)4/h7-21H,6H2,1-5H3. The van der Waals surface area contributed by atoms with Gasteiger partial charge in [-0.25, -0.2) is 0 Å². The molecule has 0 aliphatic heterocycles. The average Bonchev–Trinajstić information content (AvgIpc) is 2.82. The lowest BCUT2D eigenvalue weighted by Crippen LogP contribution is -2.30. The largest absolute Gasteiger partial charge is 0.475 e. The summed E-state index contributed by atoms with van der Waals surface area (Å²) in [5.41, 5.74) is 6.79. The molecule has 3 rings (SSSR count). The Morgan fingerprint density at radius 3 is 2.31 bits per heavy atom. The molecular formula is C28H32N2O2. The monoisotopic (exact) mass is 428 g/mol. The van der Waals surface area contributed by atoms with Gasteiger partial charge >= 0.3 is 0 Å². The van der Waals surface area contributed by atoms with E-state index in [1.54, 1.807) is 13.3 Å². The van der Waals surface area contributed by atoms with E-state index in [1.165, 1.54) is 11.1 Å². The predicted octanol–water partition coefficient (Wildman–Crippen LogP) is 6.32. The number of hydrogen-bond acceptors (Lipinski definition) is 4. The van der Waals surface area contributed by atoms with E-state index in [2.05, 4.69) is 78.5 Å². The number of allylic oxidation sites excluding steroid dienone is 1. The lowest BCUT2D eigenvalue weighted by Gasteiger charge is -2.25. The molecule has 0 heterocycles. The Labute approximate surface area is 191 Å². The smallest absolute Gasteiger partial charge is 0.149 e. The zero-order chi connectivity index (χ0) is 22.9. The van der Waals surface area contributed by atoms with Crippen molar-refractivity contribution in [2.24, 2.45) is 5.16 Å². The van der Waals surface area contributed by atoms with Crippen LogP contribution >= 0.6 is 0 Å². The van der Waals surface area contributed by atoms with Crippen LogP contribution in [-0.2, 0) is 4.84 Å². The minimum atomic E-state index is -0.0561. The third-order valence-electron chi connectivity index (χ3n) is 5.44. The van der Waals surface area contributed by atoms with Crippen molar-refractivity contribution in [3.05, 3.63) is 101 Å². The van der Waals surface area contributed by atoms with Crippen molar-refractivity contribution in [2.75, 3.05) is 21.2 Å². The van der Waals surface area contributed by atoms with Crippen molar-refractivity contribution in [3.8, 4) is 5.75 Å². The maximum absolute atomic E-state index is 6.38. The SMILES string of the molecule is CCC(=C(c1cccc(C=NOC)c1)c1ccccc1OC(C)N(C)C)c1ccccc1. The highest BCUT2D eigenvalue weighted by atomic mass is 16.6. The fraction of sp³-hybridized carbons (Fsp3) is 0.250. The summed E-state index contributed by atoms with van der Waals surface area (Å²) in [6.07, 6.45) is 2.55. The highest BCUT2D eigenvalue weighted by Crippen LogP contribution is 2.39. The maximum Gasteiger partial charge on any atom is 0.149 e. The molecule has 1 unspecified atom stereocenters. The van der Waals surface area contributed by atoms with Crippen LogP contribution in [0.4, 0.5) is 0 Å². The molecule has 0 bridgehead atoms. The minimum Gasteiger partial charge on any atom is -0.475 e. The van der Waals surface area contributed by atoms with E-state index in [-0.39, 0.29) is 6.23 Å². The molecule has 0 radical (unpaired) electrons. The second-order valence-electron chi connectivity index (χ2n) is 7.79. The van der Waals surface area contributed by atoms with E-state index in [1.807, 2.05) is 38.4 Å². The molecule has 0 saturated heterocycles. The van der Waals surface area contributed by atoms with Crippen molar-refractivity contribution in [1.82, 2.24) is 4.90 Å². The van der Waals surface area contributed by atoms with E-state index in [0.717, 1.165) is 34.4 Å². The second kappa shape index (κ2) is 11.3. The molecule has 3 aromatic rings. The molecule has 166 valence electrons. The Balaban J connectivity index is 2.26. The quantitative estimate of drug-likeness (QED) is 0.173. The van der Waals surface area contributed by atoms with Crippen LogP contribution in [0.1, 0.15) is 42.5 Å². The summed E-state index contributed by atoms with van der Waals surface area (Å²) >= 11 is 0. The number of hydrogen-bond donors (Lipinski definition) is 0. The number of rotatable bonds is 9. The third-order valence-corrected chi connectivity index (χ3v) is 5.44. The van der Waals surface area contributed by atoms with Crippen molar-refractivity contribution in [3.63, 3.8) is 0 Å². The first-order valence-electron chi connectivity index (χ1n) is 10.9. The Kier molecular flexibility index (Phi) is 8.23. The molecule has 0 aliphatic rings. The Morgan fingerprint density at radius 1 is 0.938 bits per heavy atom. The fourth-order valence-electron chi connectivity index (χ4n) is 3.61. The van der Waals surface area contributed by atoms with Crippen molar-refractivity contribution in [2.45, 2.75) is 26.5 Å². The molecule has 4 nitrogen and oxygen atoms in total. The number of oxime groups is 1. The topological polar surface area (TPSA) is 34.1 Å². The summed E-state index contributed by atoms with van der Waals surface area (Å²) < 4.78 is 6.38. The lowest BCUT2D eigenvalue weighted by atomic mass is 9.87. The first-order valence-corrected chi connectivity index (χ1v) is 10.9. The molecule has 32 heavy (non-hydrogen) atoms. The Hall–Kier alpha value is -3.37. The molecule has 4 heteroatoms. The normalized spacial score (nSPS) is 13.2. The Morgan fingerprint density at radius 2 is 1.62 bits per heavy atom. The molecule has 0 aliphatic carbocycles. The van der Waals surface area contributed by atoms with Gasteiger partial charge in [0.2, 0.25) is 0 Å². The van der Waals surface area contributed by atoms with Crippen LogP contribution in [0, 0.1) is 0 Å². The summed E-state index contributed by atoms with van der Waals surface area (Å²) in [5, 5.41) is 3.94. The second-order valence-corrected chi connectivity index (χ2v) is 7.79. The van der Waals surface area contributed by atoms with Gasteiger partial charge in [-0.15, -0.1) is 0 Å². The van der Waals surface area contributed by atoms with Crippen LogP contribution in [0.15, 0.2) is 84.0 Å². The molecule has 0 amide bonds. The van der Waals surface area contributed by atoms with Crippen LogP contribution in [-0.4, -0.2) is 38.5 Å². The molecule has 0 spiro atoms. The number of ether oxygens (including phenoxy) is 1. The van der Waals surface area contributed by atoms with Crippen molar-refractivity contribution in [1.29, 1.82) is 0 Å². The first kappa shape index (κ1) is 23.3. The van der Waals surface area contributed by atoms with Gasteiger partial charge in [-0.3, -0.25) is 4.90 Å². The van der Waals surface area contributed by atoms with Gasteiger partial charge in [-0.1, -0.05) is 78.8 Å². The molecule has 0 aromatic heterocycles. The molecule has 1 atom stereocenters. The highest BCUT2D eigenvalue weighted by molar-refractivity contribution is 6.00. The minimum absolute atomic E-state index is 0.0561. The van der Waals surface area contributed by atoms with Crippen LogP contribution in [0.2, 0.25) is 0 Å². The molecule has 0 saturated carbocycles. The summed E-state index contributed by atoms with van der Waals surface area (Å²) in [6.45, 7) is 4.25. The molecular weight excluding hydrogens is 396 g/mol. The van der Waals surface area contributed by atoms with Gasteiger partial charge in [0, 0.05) is 5.56 Å². The Bertz CT molecular complexity index is 1070. The van der Waals surface area contributed by atoms with Gasteiger partial charge < -0.3 is 9.57 Å². The fourth-order valence-corrected chi connectivity index (χ4v) is 3.61. The van der Waals surface area contributed by atoms with Gasteiger partial charge in [0.1, 0.15) is 19.1 Å². The van der Waals surface area contributed by atoms with E-state index >= 15 is 0 Å². The van der Waals surface area contributed by atoms with Crippen LogP contribution in [0.3, 0.4) is 0 Å². The predicted molar refractivity (Wildman–Crippen MR) is 134 cm³/mol. The van der Waals surface area contributed by atoms with Crippen LogP contribution in [0.25, 0.3) is 11.1 Å². The zero-order valence-electron chi connectivity index (χ0n) is 19.6. The van der Waals surface area contributed by atoms with Gasteiger partial charge in [-0.05, 0) is 67.4 Å². The maximum atomic E-state index is 6.38. The van der Waals surface area contributed by atoms with Crippen molar-refractivity contribution < 1.29 is 9.57 Å². The van der Waals surface area contributed by atoms with Gasteiger partial charge in [-0.2, -0.15) is 0 Å². The summed E-state index contributed by atoms with van der Waals surface area (Å²) in [7, 11) is 5.59. The average molecular weight is 429 g/mol. The summed E-state index contributed by atoms with van der Waals surface area (Å²) in [6, 6.07) is 27.2. The van der Waals surface area contributed by atoms with E-state index in [4.69, 9.17) is 9.57 Å². The number of para-hydroxylation sites is 1.